The summed E-state index contributed by atoms with van der Waals surface area (Å²) in [7, 11) is 0. The van der Waals surface area contributed by atoms with Crippen LogP contribution in [0, 0.1) is 0 Å². The summed E-state index contributed by atoms with van der Waals surface area (Å²) in [6.45, 7) is -0.233. The number of benzene rings is 4. The van der Waals surface area contributed by atoms with Crippen molar-refractivity contribution in [2.45, 2.75) is 38.1 Å². The molecule has 4 aromatic rings. The van der Waals surface area contributed by atoms with Gasteiger partial charge in [-0.05, 0) is 35.2 Å². The summed E-state index contributed by atoms with van der Waals surface area (Å²) < 4.78 is 16.2. The van der Waals surface area contributed by atoms with E-state index in [9.17, 15) is 19.2 Å². The molecule has 0 bridgehead atoms. The van der Waals surface area contributed by atoms with Crippen LogP contribution >= 0.6 is 11.6 Å². The normalized spacial score (nSPS) is 11.8. The van der Waals surface area contributed by atoms with Crippen molar-refractivity contribution in [1.29, 1.82) is 0 Å². The lowest BCUT2D eigenvalue weighted by Gasteiger charge is -2.23. The molecule has 0 aliphatic carbocycles. The lowest BCUT2D eigenvalue weighted by atomic mass is 10.1. The third kappa shape index (κ3) is 11.1. The van der Waals surface area contributed by atoms with Gasteiger partial charge in [0.1, 0.15) is 25.9 Å². The monoisotopic (exact) mass is 628 g/mol. The number of carbonyl (C=O) groups excluding carboxylic acids is 4. The van der Waals surface area contributed by atoms with E-state index < -0.39 is 42.4 Å². The number of halogens is 1. The van der Waals surface area contributed by atoms with Crippen molar-refractivity contribution in [3.63, 3.8) is 0 Å². The maximum atomic E-state index is 13.6. The molecule has 0 radical (unpaired) electrons. The van der Waals surface area contributed by atoms with Crippen LogP contribution in [0.5, 0.6) is 0 Å². The van der Waals surface area contributed by atoms with Crippen LogP contribution in [-0.4, -0.2) is 42.6 Å². The zero-order valence-electron chi connectivity index (χ0n) is 24.4. The van der Waals surface area contributed by atoms with Gasteiger partial charge in [-0.2, -0.15) is 0 Å². The first-order valence-corrected chi connectivity index (χ1v) is 14.7. The molecule has 232 valence electrons. The van der Waals surface area contributed by atoms with Crippen LogP contribution in [0.1, 0.15) is 33.5 Å². The van der Waals surface area contributed by atoms with Crippen LogP contribution < -0.4 is 10.6 Å². The highest BCUT2D eigenvalue weighted by molar-refractivity contribution is 6.33. The molecule has 0 saturated heterocycles. The second-order valence-corrected chi connectivity index (χ2v) is 10.5. The van der Waals surface area contributed by atoms with Crippen LogP contribution in [0.4, 0.5) is 4.79 Å². The van der Waals surface area contributed by atoms with Gasteiger partial charge in [0.2, 0.25) is 5.91 Å². The fraction of sp³-hybridized carbons (Fsp3) is 0.200. The van der Waals surface area contributed by atoms with Gasteiger partial charge in [-0.1, -0.05) is 115 Å². The Morgan fingerprint density at radius 3 is 1.76 bits per heavy atom. The van der Waals surface area contributed by atoms with Crippen LogP contribution in [0.2, 0.25) is 5.02 Å². The number of hydrogen-bond donors (Lipinski definition) is 2. The van der Waals surface area contributed by atoms with E-state index in [1.165, 1.54) is 6.07 Å². The zero-order valence-corrected chi connectivity index (χ0v) is 25.2. The Hall–Kier alpha value is -5.15. The molecule has 0 spiro atoms. The average molecular weight is 629 g/mol. The number of carbonyl (C=O) groups is 4. The Morgan fingerprint density at radius 2 is 1.16 bits per heavy atom. The Balaban J connectivity index is 1.45. The highest BCUT2D eigenvalue weighted by atomic mass is 35.5. The highest BCUT2D eigenvalue weighted by Crippen LogP contribution is 2.16. The summed E-state index contributed by atoms with van der Waals surface area (Å²) in [5.41, 5.74) is 2.57. The Labute approximate surface area is 266 Å². The number of esters is 2. The molecule has 45 heavy (non-hydrogen) atoms. The van der Waals surface area contributed by atoms with Crippen LogP contribution in [0.25, 0.3) is 0 Å². The summed E-state index contributed by atoms with van der Waals surface area (Å²) in [4.78, 5) is 51.9. The second kappa shape index (κ2) is 17.2. The van der Waals surface area contributed by atoms with Gasteiger partial charge in [0, 0.05) is 0 Å². The summed E-state index contributed by atoms with van der Waals surface area (Å²) in [5.74, 6) is -2.04. The first kappa shape index (κ1) is 32.8. The zero-order chi connectivity index (χ0) is 31.9. The lowest BCUT2D eigenvalue weighted by Crippen LogP contribution is -2.52. The van der Waals surface area contributed by atoms with Crippen LogP contribution in [-0.2, 0) is 43.4 Å². The minimum atomic E-state index is -1.34. The lowest BCUT2D eigenvalue weighted by molar-refractivity contribution is -0.147. The van der Waals surface area contributed by atoms with Gasteiger partial charge in [0.05, 0.1) is 23.0 Å². The molecular formula is C35H33ClN2O7. The molecule has 9 nitrogen and oxygen atoms in total. The predicted molar refractivity (Wildman–Crippen MR) is 168 cm³/mol. The quantitative estimate of drug-likeness (QED) is 0.137. The number of alkyl carbamates (subject to hydrolysis) is 1. The number of hydrogen-bond acceptors (Lipinski definition) is 7. The molecular weight excluding hydrogens is 596 g/mol. The molecule has 0 aromatic heterocycles. The van der Waals surface area contributed by atoms with Crippen molar-refractivity contribution in [3.05, 3.63) is 143 Å². The smallest absolute Gasteiger partial charge is 0.408 e. The van der Waals surface area contributed by atoms with Gasteiger partial charge in [0.15, 0.2) is 0 Å². The van der Waals surface area contributed by atoms with Crippen molar-refractivity contribution in [1.82, 2.24) is 10.6 Å². The molecule has 4 rings (SSSR count). The van der Waals surface area contributed by atoms with Crippen molar-refractivity contribution < 1.29 is 33.4 Å². The van der Waals surface area contributed by atoms with E-state index in [2.05, 4.69) is 10.6 Å². The molecule has 4 aromatic carbocycles. The van der Waals surface area contributed by atoms with Gasteiger partial charge in [-0.25, -0.2) is 9.59 Å². The molecule has 0 saturated carbocycles. The predicted octanol–water partition coefficient (Wildman–Crippen LogP) is 5.65. The van der Waals surface area contributed by atoms with E-state index in [1.54, 1.807) is 54.6 Å². The standard InChI is InChI=1S/C35H33ClN2O7/c36-30-19-11-10-18-29(30)34(41)44-24-28(20-25-12-4-1-5-13-25)37-33(40)31(21-32(39)43-22-26-14-6-2-7-15-26)38-35(42)45-23-27-16-8-3-9-17-27/h1-19,28,31H,20-24H2,(H,37,40)(H,38,42)/t28-,31-/m0/s1. The SMILES string of the molecule is O=C(C[C@H](NC(=O)OCc1ccccc1)C(=O)N[C@H](COC(=O)c1ccccc1Cl)Cc1ccccc1)OCc1ccccc1. The minimum Gasteiger partial charge on any atom is -0.461 e. The largest absolute Gasteiger partial charge is 0.461 e. The number of rotatable bonds is 14. The maximum Gasteiger partial charge on any atom is 0.408 e. The van der Waals surface area contributed by atoms with E-state index in [0.717, 1.165) is 16.7 Å². The highest BCUT2D eigenvalue weighted by Gasteiger charge is 2.28. The molecule has 2 atom stereocenters. The van der Waals surface area contributed by atoms with Gasteiger partial charge >= 0.3 is 18.0 Å². The maximum absolute atomic E-state index is 13.6. The van der Waals surface area contributed by atoms with E-state index in [-0.39, 0.29) is 30.4 Å². The van der Waals surface area contributed by atoms with Crippen LogP contribution in [0.15, 0.2) is 115 Å². The first-order chi connectivity index (χ1) is 21.9. The van der Waals surface area contributed by atoms with Crippen molar-refractivity contribution >= 4 is 35.5 Å². The molecule has 0 aliphatic rings. The van der Waals surface area contributed by atoms with Gasteiger partial charge < -0.3 is 24.8 Å². The molecule has 0 unspecified atom stereocenters. The Kier molecular flexibility index (Phi) is 12.5. The van der Waals surface area contributed by atoms with E-state index in [0.29, 0.717) is 6.42 Å². The van der Waals surface area contributed by atoms with Crippen molar-refractivity contribution in [2.75, 3.05) is 6.61 Å². The van der Waals surface area contributed by atoms with Crippen molar-refractivity contribution in [3.8, 4) is 0 Å². The molecule has 10 heteroatoms. The third-order valence-electron chi connectivity index (χ3n) is 6.62. The first-order valence-electron chi connectivity index (χ1n) is 14.3. The minimum absolute atomic E-state index is 0.00109. The average Bonchev–Trinajstić information content (AvgIpc) is 3.06. The van der Waals surface area contributed by atoms with E-state index in [4.69, 9.17) is 25.8 Å². The topological polar surface area (TPSA) is 120 Å². The molecule has 2 N–H and O–H groups in total. The number of amides is 2. The molecule has 0 aliphatic heterocycles. The second-order valence-electron chi connectivity index (χ2n) is 10.1. The Morgan fingerprint density at radius 1 is 0.622 bits per heavy atom. The fourth-order valence-electron chi connectivity index (χ4n) is 4.31. The van der Waals surface area contributed by atoms with E-state index >= 15 is 0 Å². The van der Waals surface area contributed by atoms with E-state index in [1.807, 2.05) is 54.6 Å². The van der Waals surface area contributed by atoms with Gasteiger partial charge in [-0.3, -0.25) is 9.59 Å². The summed E-state index contributed by atoms with van der Waals surface area (Å²) in [6.07, 6.45) is -1.05. The number of ether oxygens (including phenoxy) is 3. The molecule has 2 amide bonds. The van der Waals surface area contributed by atoms with Crippen molar-refractivity contribution in [2.24, 2.45) is 0 Å². The Bertz CT molecular complexity index is 1490. The molecule has 0 heterocycles. The summed E-state index contributed by atoms with van der Waals surface area (Å²) in [6, 6.07) is 31.8. The third-order valence-corrected chi connectivity index (χ3v) is 6.95. The number of nitrogens with one attached hydrogen (secondary N) is 2. The van der Waals surface area contributed by atoms with Gasteiger partial charge in [-0.15, -0.1) is 0 Å². The summed E-state index contributed by atoms with van der Waals surface area (Å²) >= 11 is 6.15. The summed E-state index contributed by atoms with van der Waals surface area (Å²) in [5, 5.41) is 5.54. The van der Waals surface area contributed by atoms with Gasteiger partial charge in [0.25, 0.3) is 0 Å². The molecule has 0 fully saturated rings. The van der Waals surface area contributed by atoms with Crippen LogP contribution in [0.3, 0.4) is 0 Å². The fourth-order valence-corrected chi connectivity index (χ4v) is 4.53.